The number of para-hydroxylation sites is 1. The number of thioether (sulfide) groups is 1. The van der Waals surface area contributed by atoms with Crippen molar-refractivity contribution in [1.29, 1.82) is 0 Å². The zero-order valence-corrected chi connectivity index (χ0v) is 31.1. The summed E-state index contributed by atoms with van der Waals surface area (Å²) in [6, 6.07) is 40.6. The van der Waals surface area contributed by atoms with Crippen LogP contribution in [0.4, 0.5) is 10.8 Å². The van der Waals surface area contributed by atoms with Crippen LogP contribution in [-0.4, -0.2) is 29.3 Å². The average Bonchev–Trinajstić information content (AvgIpc) is 3.64. The van der Waals surface area contributed by atoms with Gasteiger partial charge in [0.25, 0.3) is 11.8 Å². The van der Waals surface area contributed by atoms with E-state index >= 15 is 0 Å². The Bertz CT molecular complexity index is 2170. The van der Waals surface area contributed by atoms with Gasteiger partial charge in [-0.25, -0.2) is 4.98 Å². The van der Waals surface area contributed by atoms with E-state index in [9.17, 15) is 14.4 Å². The molecule has 260 valence electrons. The van der Waals surface area contributed by atoms with E-state index in [0.29, 0.717) is 34.3 Å². The normalized spacial score (nSPS) is 11.7. The zero-order chi connectivity index (χ0) is 36.3. The minimum atomic E-state index is -0.574. The molecule has 0 saturated carbocycles. The fourth-order valence-corrected chi connectivity index (χ4v) is 7.10. The molecular weight excluding hydrogens is 757 g/mol. The van der Waals surface area contributed by atoms with Crippen LogP contribution in [-0.2, 0) is 9.59 Å². The van der Waals surface area contributed by atoms with Gasteiger partial charge < -0.3 is 20.7 Å². The summed E-state index contributed by atoms with van der Waals surface area (Å²) in [5.41, 5.74) is 4.19. The van der Waals surface area contributed by atoms with Gasteiger partial charge in [0.2, 0.25) is 5.91 Å². The number of hydrogen-bond donors (Lipinski definition) is 3. The Balaban J connectivity index is 1.18. The van der Waals surface area contributed by atoms with Crippen LogP contribution in [0.5, 0.6) is 5.75 Å². The summed E-state index contributed by atoms with van der Waals surface area (Å²) >= 11 is 6.21. The van der Waals surface area contributed by atoms with E-state index in [1.54, 1.807) is 48.5 Å². The maximum atomic E-state index is 13.7. The predicted octanol–water partition coefficient (Wildman–Crippen LogP) is 9.85. The first-order valence-corrected chi connectivity index (χ1v) is 18.9. The number of thiazole rings is 1. The number of halogens is 1. The topological polar surface area (TPSA) is 109 Å². The summed E-state index contributed by atoms with van der Waals surface area (Å²) in [7, 11) is 0. The molecule has 8 nitrogen and oxygen atoms in total. The van der Waals surface area contributed by atoms with E-state index in [1.807, 2.05) is 103 Å². The Morgan fingerprint density at radius 1 is 0.827 bits per heavy atom. The number of anilines is 2. The maximum Gasteiger partial charge on any atom is 0.272 e. The second-order valence-corrected chi connectivity index (χ2v) is 14.2. The molecular formula is C41H33BrN4O4S2. The molecule has 0 aliphatic heterocycles. The van der Waals surface area contributed by atoms with Crippen molar-refractivity contribution < 1.29 is 19.1 Å². The maximum absolute atomic E-state index is 13.7. The number of carbonyl (C=O) groups is 3. The number of benzene rings is 5. The average molecular weight is 790 g/mol. The smallest absolute Gasteiger partial charge is 0.272 e. The lowest BCUT2D eigenvalue weighted by Gasteiger charge is -2.17. The van der Waals surface area contributed by atoms with Crippen molar-refractivity contribution in [3.05, 3.63) is 166 Å². The van der Waals surface area contributed by atoms with Crippen LogP contribution in [0.15, 0.2) is 154 Å². The molecule has 6 rings (SSSR count). The van der Waals surface area contributed by atoms with E-state index in [4.69, 9.17) is 4.74 Å². The molecule has 0 fully saturated rings. The van der Waals surface area contributed by atoms with E-state index in [1.165, 1.54) is 23.1 Å². The van der Waals surface area contributed by atoms with Crippen LogP contribution in [0.1, 0.15) is 33.7 Å². The van der Waals surface area contributed by atoms with Crippen molar-refractivity contribution in [1.82, 2.24) is 10.3 Å². The number of carbonyl (C=O) groups excluding carboxylic acids is 3. The third kappa shape index (κ3) is 9.64. The summed E-state index contributed by atoms with van der Waals surface area (Å²) < 4.78 is 6.73. The molecule has 3 N–H and O–H groups in total. The number of ether oxygens (including phenoxy) is 1. The summed E-state index contributed by atoms with van der Waals surface area (Å²) in [6.45, 7) is 2.32. The van der Waals surface area contributed by atoms with E-state index < -0.39 is 17.1 Å². The summed E-state index contributed by atoms with van der Waals surface area (Å²) in [4.78, 5) is 46.0. The van der Waals surface area contributed by atoms with Gasteiger partial charge in [0, 0.05) is 37.1 Å². The summed E-state index contributed by atoms with van der Waals surface area (Å²) in [5.74, 6) is -0.553. The van der Waals surface area contributed by atoms with Crippen molar-refractivity contribution in [2.24, 2.45) is 0 Å². The fraction of sp³-hybridized carbons (Fsp3) is 0.0732. The van der Waals surface area contributed by atoms with Crippen molar-refractivity contribution in [2.75, 3.05) is 17.2 Å². The highest BCUT2D eigenvalue weighted by Gasteiger charge is 2.24. The van der Waals surface area contributed by atoms with Crippen molar-refractivity contribution in [3.63, 3.8) is 0 Å². The molecule has 0 spiro atoms. The minimum absolute atomic E-state index is 0.0470. The first-order chi connectivity index (χ1) is 25.4. The molecule has 0 aliphatic rings. The minimum Gasteiger partial charge on any atom is -0.493 e. The molecule has 11 heteroatoms. The first-order valence-electron chi connectivity index (χ1n) is 16.3. The molecule has 1 unspecified atom stereocenters. The van der Waals surface area contributed by atoms with E-state index in [0.717, 1.165) is 26.2 Å². The highest BCUT2D eigenvalue weighted by Crippen LogP contribution is 2.37. The molecule has 1 aromatic heterocycles. The van der Waals surface area contributed by atoms with Gasteiger partial charge in [-0.2, -0.15) is 0 Å². The number of rotatable bonds is 13. The van der Waals surface area contributed by atoms with Gasteiger partial charge in [0.1, 0.15) is 16.7 Å². The standard InChI is InChI=1S/C41H33BrN4O4S2/c1-2-50-36-16-10-9-15-30(36)25-34(44-38(47)29-13-7-4-8-14-29)39(48)43-32-21-23-33(24-22-32)52-37(28-11-5-3-6-12-28)40(49)46-41-45-35(26-51-41)27-17-19-31(42)20-18-27/h3-26,37H,2H2,1H3,(H,43,48)(H,44,47)(H,45,46,49)/b34-25-. The van der Waals surface area contributed by atoms with Crippen LogP contribution in [0.2, 0.25) is 0 Å². The molecule has 0 aliphatic carbocycles. The van der Waals surface area contributed by atoms with Crippen LogP contribution < -0.4 is 20.7 Å². The number of aromatic nitrogens is 1. The number of nitrogens with zero attached hydrogens (tertiary/aromatic N) is 1. The molecule has 1 atom stereocenters. The first kappa shape index (κ1) is 36.3. The van der Waals surface area contributed by atoms with Crippen LogP contribution >= 0.6 is 39.0 Å². The van der Waals surface area contributed by atoms with Gasteiger partial charge in [-0.3, -0.25) is 14.4 Å². The lowest BCUT2D eigenvalue weighted by molar-refractivity contribution is -0.116. The molecule has 0 saturated heterocycles. The molecule has 6 aromatic rings. The van der Waals surface area contributed by atoms with Gasteiger partial charge in [-0.05, 0) is 73.2 Å². The van der Waals surface area contributed by atoms with Gasteiger partial charge in [-0.1, -0.05) is 94.8 Å². The van der Waals surface area contributed by atoms with E-state index in [-0.39, 0.29) is 11.6 Å². The van der Waals surface area contributed by atoms with Crippen molar-refractivity contribution in [3.8, 4) is 17.0 Å². The third-order valence-electron chi connectivity index (χ3n) is 7.63. The van der Waals surface area contributed by atoms with Crippen LogP contribution in [0.25, 0.3) is 17.3 Å². The second-order valence-electron chi connectivity index (χ2n) is 11.3. The number of nitrogens with one attached hydrogen (secondary N) is 3. The second kappa shape index (κ2) is 17.6. The third-order valence-corrected chi connectivity index (χ3v) is 10.2. The molecule has 1 heterocycles. The summed E-state index contributed by atoms with van der Waals surface area (Å²) in [6.07, 6.45) is 1.60. The predicted molar refractivity (Wildman–Crippen MR) is 213 cm³/mol. The Morgan fingerprint density at radius 3 is 2.21 bits per heavy atom. The molecule has 0 radical (unpaired) electrons. The molecule has 52 heavy (non-hydrogen) atoms. The van der Waals surface area contributed by atoms with Crippen LogP contribution in [0, 0.1) is 0 Å². The van der Waals surface area contributed by atoms with Gasteiger partial charge >= 0.3 is 0 Å². The van der Waals surface area contributed by atoms with Gasteiger partial charge in [0.05, 0.1) is 12.3 Å². The molecule has 5 aromatic carbocycles. The fourth-order valence-electron chi connectivity index (χ4n) is 5.09. The largest absolute Gasteiger partial charge is 0.493 e. The Hall–Kier alpha value is -5.49. The highest BCUT2D eigenvalue weighted by atomic mass is 79.9. The van der Waals surface area contributed by atoms with Gasteiger partial charge in [0.15, 0.2) is 5.13 Å². The monoisotopic (exact) mass is 788 g/mol. The molecule has 0 bridgehead atoms. The Labute approximate surface area is 318 Å². The lowest BCUT2D eigenvalue weighted by atomic mass is 10.1. The molecule has 3 amide bonds. The number of amides is 3. The van der Waals surface area contributed by atoms with Crippen LogP contribution in [0.3, 0.4) is 0 Å². The number of hydrogen-bond acceptors (Lipinski definition) is 7. The Kier molecular flexibility index (Phi) is 12.3. The summed E-state index contributed by atoms with van der Waals surface area (Å²) in [5, 5.41) is 10.5. The van der Waals surface area contributed by atoms with Crippen molar-refractivity contribution >= 4 is 73.6 Å². The van der Waals surface area contributed by atoms with E-state index in [2.05, 4.69) is 36.9 Å². The SMILES string of the molecule is CCOc1ccccc1/C=C(\NC(=O)c1ccccc1)C(=O)Nc1ccc(SC(C(=O)Nc2nc(-c3ccc(Br)cc3)cs2)c2ccccc2)cc1. The highest BCUT2D eigenvalue weighted by molar-refractivity contribution is 9.10. The van der Waals surface area contributed by atoms with Crippen molar-refractivity contribution in [2.45, 2.75) is 17.1 Å². The van der Waals surface area contributed by atoms with Gasteiger partial charge in [-0.15, -0.1) is 23.1 Å². The lowest BCUT2D eigenvalue weighted by Crippen LogP contribution is -2.30. The Morgan fingerprint density at radius 2 is 1.50 bits per heavy atom. The zero-order valence-electron chi connectivity index (χ0n) is 27.9. The quantitative estimate of drug-likeness (QED) is 0.0795.